The van der Waals surface area contributed by atoms with Crippen molar-refractivity contribution >= 4 is 17.6 Å². The molecule has 1 aromatic heterocycles. The fraction of sp³-hybridized carbons (Fsp3) is 0.250. The molecule has 64 valence electrons. The Balaban J connectivity index is 3.13. The van der Waals surface area contributed by atoms with Crippen molar-refractivity contribution in [3.05, 3.63) is 28.5 Å². The Labute approximate surface area is 75.3 Å². The van der Waals surface area contributed by atoms with E-state index in [0.29, 0.717) is 10.6 Å². The van der Waals surface area contributed by atoms with Crippen molar-refractivity contribution in [2.75, 3.05) is 7.11 Å². The number of aryl methyl sites for hydroxylation is 1. The van der Waals surface area contributed by atoms with Crippen LogP contribution in [0.25, 0.3) is 0 Å². The number of ether oxygens (including phenoxy) is 1. The minimum atomic E-state index is -0.383. The predicted molar refractivity (Wildman–Crippen MR) is 44.1 cm³/mol. The maximum absolute atomic E-state index is 11.1. The lowest BCUT2D eigenvalue weighted by Crippen LogP contribution is -2.14. The van der Waals surface area contributed by atoms with Crippen LogP contribution >= 0.6 is 11.6 Å². The quantitative estimate of drug-likeness (QED) is 0.620. The minimum Gasteiger partial charge on any atom is -0.465 e. The predicted octanol–water partition coefficient (Wildman–Crippen LogP) is 1.25. The molecule has 0 aromatic carbocycles. The van der Waals surface area contributed by atoms with Gasteiger partial charge in [0.15, 0.2) is 11.9 Å². The number of methoxy groups -OCH3 is 1. The first-order chi connectivity index (χ1) is 5.65. The number of carbonyl (C=O) groups is 1. The number of H-pyrrole nitrogens is 1. The van der Waals surface area contributed by atoms with Crippen LogP contribution in [0.2, 0.25) is 5.02 Å². The summed E-state index contributed by atoms with van der Waals surface area (Å²) in [6, 6.07) is 1.57. The molecule has 1 rings (SSSR count). The van der Waals surface area contributed by atoms with Crippen LogP contribution in [-0.4, -0.2) is 13.1 Å². The van der Waals surface area contributed by atoms with Crippen LogP contribution in [0.15, 0.2) is 12.3 Å². The SMILES string of the molecule is COC(=O)c1cc(Cl)c[nH+]c1C. The van der Waals surface area contributed by atoms with Crippen molar-refractivity contribution in [3.8, 4) is 0 Å². The van der Waals surface area contributed by atoms with Gasteiger partial charge in [-0.25, -0.2) is 9.78 Å². The summed E-state index contributed by atoms with van der Waals surface area (Å²) in [5, 5.41) is 0.487. The van der Waals surface area contributed by atoms with E-state index in [1.54, 1.807) is 19.2 Å². The summed E-state index contributed by atoms with van der Waals surface area (Å²) >= 11 is 5.68. The van der Waals surface area contributed by atoms with Gasteiger partial charge in [-0.15, -0.1) is 0 Å². The second-order valence-electron chi connectivity index (χ2n) is 2.35. The summed E-state index contributed by atoms with van der Waals surface area (Å²) in [7, 11) is 1.34. The highest BCUT2D eigenvalue weighted by molar-refractivity contribution is 6.30. The van der Waals surface area contributed by atoms with E-state index in [9.17, 15) is 4.79 Å². The largest absolute Gasteiger partial charge is 0.465 e. The zero-order valence-electron chi connectivity index (χ0n) is 6.85. The van der Waals surface area contributed by atoms with E-state index in [1.165, 1.54) is 7.11 Å². The number of pyridine rings is 1. The van der Waals surface area contributed by atoms with Crippen molar-refractivity contribution in [2.45, 2.75) is 6.92 Å². The monoisotopic (exact) mass is 186 g/mol. The Morgan fingerprint density at radius 3 is 2.92 bits per heavy atom. The Hall–Kier alpha value is -1.09. The first kappa shape index (κ1) is 9.00. The third-order valence-corrected chi connectivity index (χ3v) is 1.74. The first-order valence-corrected chi connectivity index (χ1v) is 3.79. The number of esters is 1. The van der Waals surface area contributed by atoms with E-state index < -0.39 is 0 Å². The molecular weight excluding hydrogens is 178 g/mol. The van der Waals surface area contributed by atoms with Crippen LogP contribution in [0.5, 0.6) is 0 Å². The van der Waals surface area contributed by atoms with Gasteiger partial charge in [-0.05, 0) is 6.07 Å². The number of nitrogens with one attached hydrogen (secondary N) is 1. The molecule has 0 aliphatic rings. The first-order valence-electron chi connectivity index (χ1n) is 3.41. The molecule has 4 heteroatoms. The zero-order valence-corrected chi connectivity index (χ0v) is 7.61. The highest BCUT2D eigenvalue weighted by atomic mass is 35.5. The van der Waals surface area contributed by atoms with Gasteiger partial charge in [0.25, 0.3) is 0 Å². The summed E-state index contributed by atoms with van der Waals surface area (Å²) in [5.41, 5.74) is 1.20. The molecule has 0 saturated heterocycles. The molecule has 12 heavy (non-hydrogen) atoms. The van der Waals surface area contributed by atoms with E-state index >= 15 is 0 Å². The number of aromatic amines is 1. The number of carbonyl (C=O) groups excluding carboxylic acids is 1. The van der Waals surface area contributed by atoms with Gasteiger partial charge in [0.2, 0.25) is 0 Å². The van der Waals surface area contributed by atoms with Crippen LogP contribution in [0, 0.1) is 6.92 Å². The third kappa shape index (κ3) is 1.74. The molecule has 0 spiro atoms. The molecule has 3 nitrogen and oxygen atoms in total. The molecule has 1 heterocycles. The highest BCUT2D eigenvalue weighted by Crippen LogP contribution is 2.10. The van der Waals surface area contributed by atoms with E-state index in [4.69, 9.17) is 11.6 Å². The topological polar surface area (TPSA) is 40.4 Å². The molecule has 0 bridgehead atoms. The smallest absolute Gasteiger partial charge is 0.344 e. The minimum absolute atomic E-state index is 0.383. The Morgan fingerprint density at radius 1 is 1.67 bits per heavy atom. The fourth-order valence-corrected chi connectivity index (χ4v) is 1.03. The summed E-state index contributed by atoms with van der Waals surface area (Å²) < 4.78 is 4.55. The standard InChI is InChI=1S/C8H8ClNO2/c1-5-7(8(11)12-2)3-6(9)4-10-5/h3-4H,1-2H3/p+1. The summed E-state index contributed by atoms with van der Waals surface area (Å²) in [6.45, 7) is 1.78. The molecule has 1 N–H and O–H groups in total. The fourth-order valence-electron chi connectivity index (χ4n) is 0.865. The maximum atomic E-state index is 11.1. The molecule has 0 aliphatic heterocycles. The lowest BCUT2D eigenvalue weighted by Gasteiger charge is -1.97. The van der Waals surface area contributed by atoms with Gasteiger partial charge in [-0.3, -0.25) is 0 Å². The summed E-state index contributed by atoms with van der Waals surface area (Å²) in [5.74, 6) is -0.383. The third-order valence-electron chi connectivity index (χ3n) is 1.52. The van der Waals surface area contributed by atoms with Crippen molar-refractivity contribution in [3.63, 3.8) is 0 Å². The van der Waals surface area contributed by atoms with Crippen LogP contribution in [0.4, 0.5) is 0 Å². The van der Waals surface area contributed by atoms with Gasteiger partial charge in [-0.2, -0.15) is 0 Å². The van der Waals surface area contributed by atoms with Gasteiger partial charge in [0.1, 0.15) is 10.6 Å². The maximum Gasteiger partial charge on any atom is 0.344 e. The second kappa shape index (κ2) is 3.54. The van der Waals surface area contributed by atoms with Crippen LogP contribution in [0.1, 0.15) is 16.1 Å². The molecule has 0 unspecified atom stereocenters. The van der Waals surface area contributed by atoms with E-state index in [1.807, 2.05) is 0 Å². The van der Waals surface area contributed by atoms with Crippen molar-refractivity contribution in [1.29, 1.82) is 0 Å². The van der Waals surface area contributed by atoms with Gasteiger partial charge in [0.05, 0.1) is 7.11 Å². The van der Waals surface area contributed by atoms with Gasteiger partial charge >= 0.3 is 5.97 Å². The number of hydrogen-bond acceptors (Lipinski definition) is 2. The van der Waals surface area contributed by atoms with E-state index in [2.05, 4.69) is 9.72 Å². The molecular formula is C8H9ClNO2+. The molecule has 0 amide bonds. The van der Waals surface area contributed by atoms with Crippen LogP contribution < -0.4 is 4.98 Å². The van der Waals surface area contributed by atoms with Gasteiger partial charge in [-0.1, -0.05) is 11.6 Å². The van der Waals surface area contributed by atoms with Gasteiger partial charge in [0, 0.05) is 6.92 Å². The molecule has 0 fully saturated rings. The second-order valence-corrected chi connectivity index (χ2v) is 2.78. The lowest BCUT2D eigenvalue weighted by atomic mass is 10.2. The average Bonchev–Trinajstić information content (AvgIpc) is 2.08. The highest BCUT2D eigenvalue weighted by Gasteiger charge is 2.14. The number of hydrogen-bond donors (Lipinski definition) is 0. The Kier molecular flexibility index (Phi) is 2.65. The Bertz CT molecular complexity index is 312. The zero-order chi connectivity index (χ0) is 9.14. The van der Waals surface area contributed by atoms with Crippen LogP contribution in [0.3, 0.4) is 0 Å². The van der Waals surface area contributed by atoms with Crippen molar-refractivity contribution in [1.82, 2.24) is 0 Å². The van der Waals surface area contributed by atoms with E-state index in [0.717, 1.165) is 5.69 Å². The normalized spacial score (nSPS) is 9.58. The lowest BCUT2D eigenvalue weighted by molar-refractivity contribution is -0.387. The average molecular weight is 187 g/mol. The molecule has 0 aliphatic carbocycles. The number of halogens is 1. The molecule has 0 radical (unpaired) electrons. The summed E-state index contributed by atoms with van der Waals surface area (Å²) in [6.07, 6.45) is 1.61. The number of aromatic nitrogens is 1. The molecule has 0 atom stereocenters. The summed E-state index contributed by atoms with van der Waals surface area (Å²) in [4.78, 5) is 13.9. The van der Waals surface area contributed by atoms with Crippen molar-refractivity contribution in [2.24, 2.45) is 0 Å². The Morgan fingerprint density at radius 2 is 2.33 bits per heavy atom. The van der Waals surface area contributed by atoms with Crippen LogP contribution in [-0.2, 0) is 4.74 Å². The molecule has 0 saturated carbocycles. The van der Waals surface area contributed by atoms with E-state index in [-0.39, 0.29) is 5.97 Å². The van der Waals surface area contributed by atoms with Gasteiger partial charge < -0.3 is 4.74 Å². The number of rotatable bonds is 1. The van der Waals surface area contributed by atoms with Crippen molar-refractivity contribution < 1.29 is 14.5 Å². The molecule has 1 aromatic rings.